The van der Waals surface area contributed by atoms with Crippen molar-refractivity contribution in [3.05, 3.63) is 89.6 Å². The molecule has 230 valence electrons. The molecule has 0 spiro atoms. The number of aromatic nitrogens is 2. The van der Waals surface area contributed by atoms with E-state index in [1.807, 2.05) is 81.4 Å². The van der Waals surface area contributed by atoms with Gasteiger partial charge in [-0.1, -0.05) is 36.8 Å². The number of benzene rings is 3. The molecule has 3 aromatic carbocycles. The van der Waals surface area contributed by atoms with Crippen molar-refractivity contribution in [3.8, 4) is 17.2 Å². The van der Waals surface area contributed by atoms with Crippen LogP contribution in [0.25, 0.3) is 0 Å². The average Bonchev–Trinajstić information content (AvgIpc) is 3.03. The molecule has 1 fully saturated rings. The van der Waals surface area contributed by atoms with Crippen molar-refractivity contribution in [2.75, 3.05) is 43.6 Å². The van der Waals surface area contributed by atoms with Crippen molar-refractivity contribution in [1.29, 1.82) is 0 Å². The predicted octanol–water partition coefficient (Wildman–Crippen LogP) is 7.75. The number of nitrogens with zero attached hydrogens (tertiary/aromatic N) is 4. The molecule has 0 saturated carbocycles. The standard InChI is InChI=1S/C35H41N5O4/c1-25-15-16-30(31(23-25)42-4)40(35(41)44-33-26(2)11-8-12-27(33)3)32-17-18-36-34(38-32)37-28-13-9-14-29(24-28)43-22-10-21-39-19-6-5-7-20-39/h8-9,11-18,23-24H,5-7,10,19-22H2,1-4H3,(H,36,37,38). The second-order valence-corrected chi connectivity index (χ2v) is 11.1. The third kappa shape index (κ3) is 7.85. The highest BCUT2D eigenvalue weighted by atomic mass is 16.6. The van der Waals surface area contributed by atoms with E-state index in [1.165, 1.54) is 37.3 Å². The van der Waals surface area contributed by atoms with E-state index in [0.717, 1.165) is 41.1 Å². The van der Waals surface area contributed by atoms with Crippen molar-refractivity contribution in [3.63, 3.8) is 0 Å². The predicted molar refractivity (Wildman–Crippen MR) is 174 cm³/mol. The summed E-state index contributed by atoms with van der Waals surface area (Å²) in [4.78, 5) is 26.9. The molecule has 1 amide bonds. The van der Waals surface area contributed by atoms with E-state index in [2.05, 4.69) is 15.2 Å². The summed E-state index contributed by atoms with van der Waals surface area (Å²) < 4.78 is 17.7. The number of methoxy groups -OCH3 is 1. The summed E-state index contributed by atoms with van der Waals surface area (Å²) in [7, 11) is 1.57. The van der Waals surface area contributed by atoms with Crippen LogP contribution in [0.1, 0.15) is 42.4 Å². The molecule has 0 radical (unpaired) electrons. The summed E-state index contributed by atoms with van der Waals surface area (Å²) in [5, 5.41) is 3.26. The lowest BCUT2D eigenvalue weighted by Crippen LogP contribution is -2.31. The Hall–Kier alpha value is -4.63. The van der Waals surface area contributed by atoms with Crippen LogP contribution in [0.2, 0.25) is 0 Å². The molecule has 0 aliphatic carbocycles. The maximum atomic E-state index is 13.9. The van der Waals surface area contributed by atoms with Crippen LogP contribution in [0.4, 0.5) is 27.9 Å². The third-order valence-electron chi connectivity index (χ3n) is 7.65. The maximum absolute atomic E-state index is 13.9. The number of likely N-dealkylation sites (tertiary alicyclic amines) is 1. The molecule has 4 aromatic rings. The highest BCUT2D eigenvalue weighted by Crippen LogP contribution is 2.36. The summed E-state index contributed by atoms with van der Waals surface area (Å²) in [6.45, 7) is 9.88. The molecular formula is C35H41N5O4. The van der Waals surface area contributed by atoms with Crippen LogP contribution in [0.15, 0.2) is 72.9 Å². The van der Waals surface area contributed by atoms with Crippen LogP contribution in [0, 0.1) is 20.8 Å². The normalized spacial score (nSPS) is 13.3. The lowest BCUT2D eigenvalue weighted by molar-refractivity contribution is 0.205. The Morgan fingerprint density at radius 3 is 2.50 bits per heavy atom. The minimum atomic E-state index is -0.617. The first-order chi connectivity index (χ1) is 21.4. The smallest absolute Gasteiger partial charge is 0.425 e. The summed E-state index contributed by atoms with van der Waals surface area (Å²) in [5.74, 6) is 2.44. The van der Waals surface area contributed by atoms with E-state index in [4.69, 9.17) is 19.2 Å². The number of nitrogens with one attached hydrogen (secondary N) is 1. The summed E-state index contributed by atoms with van der Waals surface area (Å²) in [6.07, 6.45) is 5.90. The van der Waals surface area contributed by atoms with Gasteiger partial charge in [-0.3, -0.25) is 0 Å². The molecule has 5 rings (SSSR count). The van der Waals surface area contributed by atoms with E-state index in [1.54, 1.807) is 19.4 Å². The number of hydrogen-bond donors (Lipinski definition) is 1. The monoisotopic (exact) mass is 595 g/mol. The molecule has 0 unspecified atom stereocenters. The Morgan fingerprint density at radius 1 is 0.955 bits per heavy atom. The van der Waals surface area contributed by atoms with Crippen LogP contribution in [0.3, 0.4) is 0 Å². The Balaban J connectivity index is 1.35. The van der Waals surface area contributed by atoms with E-state index < -0.39 is 6.09 Å². The van der Waals surface area contributed by atoms with Crippen LogP contribution < -0.4 is 24.4 Å². The van der Waals surface area contributed by atoms with E-state index >= 15 is 0 Å². The number of para-hydroxylation sites is 1. The largest absolute Gasteiger partial charge is 0.495 e. The number of amides is 1. The number of piperidine rings is 1. The number of anilines is 4. The molecule has 1 aliphatic rings. The molecule has 2 heterocycles. The van der Waals surface area contributed by atoms with Gasteiger partial charge >= 0.3 is 6.09 Å². The van der Waals surface area contributed by atoms with Gasteiger partial charge < -0.3 is 24.4 Å². The van der Waals surface area contributed by atoms with Crippen LogP contribution in [-0.4, -0.2) is 54.3 Å². The minimum Gasteiger partial charge on any atom is -0.495 e. The van der Waals surface area contributed by atoms with Gasteiger partial charge in [-0.25, -0.2) is 14.7 Å². The zero-order valence-corrected chi connectivity index (χ0v) is 26.0. The van der Waals surface area contributed by atoms with Gasteiger partial charge in [-0.15, -0.1) is 0 Å². The van der Waals surface area contributed by atoms with Crippen molar-refractivity contribution in [1.82, 2.24) is 14.9 Å². The fourth-order valence-electron chi connectivity index (χ4n) is 5.37. The number of rotatable bonds is 11. The molecule has 0 atom stereocenters. The maximum Gasteiger partial charge on any atom is 0.425 e. The first-order valence-corrected chi connectivity index (χ1v) is 15.2. The zero-order valence-electron chi connectivity index (χ0n) is 26.0. The minimum absolute atomic E-state index is 0.320. The second kappa shape index (κ2) is 14.7. The molecule has 1 saturated heterocycles. The summed E-state index contributed by atoms with van der Waals surface area (Å²) >= 11 is 0. The molecule has 9 nitrogen and oxygen atoms in total. The van der Waals surface area contributed by atoms with Gasteiger partial charge in [0.25, 0.3) is 0 Å². The zero-order chi connectivity index (χ0) is 30.9. The van der Waals surface area contributed by atoms with E-state index in [-0.39, 0.29) is 0 Å². The lowest BCUT2D eigenvalue weighted by atomic mass is 10.1. The Bertz CT molecular complexity index is 1550. The second-order valence-electron chi connectivity index (χ2n) is 11.1. The molecule has 1 aliphatic heterocycles. The molecule has 1 N–H and O–H groups in total. The highest BCUT2D eigenvalue weighted by molar-refractivity contribution is 5.98. The molecular weight excluding hydrogens is 554 g/mol. The topological polar surface area (TPSA) is 89.0 Å². The Labute approximate surface area is 259 Å². The van der Waals surface area contributed by atoms with Crippen molar-refractivity contribution < 1.29 is 19.0 Å². The van der Waals surface area contributed by atoms with E-state index in [0.29, 0.717) is 35.6 Å². The highest BCUT2D eigenvalue weighted by Gasteiger charge is 2.26. The molecule has 9 heteroatoms. The van der Waals surface area contributed by atoms with Crippen LogP contribution in [0.5, 0.6) is 17.2 Å². The number of carbonyl (C=O) groups is 1. The van der Waals surface area contributed by atoms with Crippen molar-refractivity contribution >= 4 is 29.2 Å². The number of carbonyl (C=O) groups excluding carboxylic acids is 1. The molecule has 0 bridgehead atoms. The number of hydrogen-bond acceptors (Lipinski definition) is 8. The third-order valence-corrected chi connectivity index (χ3v) is 7.65. The first kappa shape index (κ1) is 30.8. The summed E-state index contributed by atoms with van der Waals surface area (Å²) in [5.41, 5.74) is 3.97. The van der Waals surface area contributed by atoms with Gasteiger partial charge in [0.15, 0.2) is 0 Å². The molecule has 44 heavy (non-hydrogen) atoms. The van der Waals surface area contributed by atoms with Gasteiger partial charge in [-0.2, -0.15) is 4.98 Å². The van der Waals surface area contributed by atoms with Crippen LogP contribution >= 0.6 is 0 Å². The fourth-order valence-corrected chi connectivity index (χ4v) is 5.37. The van der Waals surface area contributed by atoms with Gasteiger partial charge in [0.05, 0.1) is 19.4 Å². The molecule has 1 aromatic heterocycles. The van der Waals surface area contributed by atoms with Gasteiger partial charge in [-0.05, 0) is 94.1 Å². The first-order valence-electron chi connectivity index (χ1n) is 15.2. The lowest BCUT2D eigenvalue weighted by Gasteiger charge is -2.26. The Kier molecular flexibility index (Phi) is 10.3. The van der Waals surface area contributed by atoms with Crippen molar-refractivity contribution in [2.24, 2.45) is 0 Å². The van der Waals surface area contributed by atoms with Gasteiger partial charge in [0.2, 0.25) is 5.95 Å². The Morgan fingerprint density at radius 2 is 1.73 bits per heavy atom. The SMILES string of the molecule is COc1cc(C)ccc1N(C(=O)Oc1c(C)cccc1C)c1ccnc(Nc2cccc(OCCCN3CCCCC3)c2)n1. The van der Waals surface area contributed by atoms with E-state index in [9.17, 15) is 4.79 Å². The fraction of sp³-hybridized carbons (Fsp3) is 0.343. The average molecular weight is 596 g/mol. The summed E-state index contributed by atoms with van der Waals surface area (Å²) in [6, 6.07) is 20.7. The van der Waals surface area contributed by atoms with Gasteiger partial charge in [0.1, 0.15) is 23.1 Å². The number of ether oxygens (including phenoxy) is 3. The quantitative estimate of drug-likeness (QED) is 0.176. The number of aryl methyl sites for hydroxylation is 3. The van der Waals surface area contributed by atoms with Crippen molar-refractivity contribution in [2.45, 2.75) is 46.5 Å². The van der Waals surface area contributed by atoms with Gasteiger partial charge in [0, 0.05) is 30.6 Å². The van der Waals surface area contributed by atoms with Crippen LogP contribution in [-0.2, 0) is 0 Å².